The maximum absolute atomic E-state index is 15.7. The third-order valence-electron chi connectivity index (χ3n) is 10.2. The molecule has 0 N–H and O–H groups in total. The van der Waals surface area contributed by atoms with E-state index in [1.165, 1.54) is 9.13 Å². The molecule has 54 heavy (non-hydrogen) atoms. The van der Waals surface area contributed by atoms with E-state index in [-0.39, 0.29) is 55.0 Å². The topological polar surface area (TPSA) is 9.86 Å². The molecular formula is C42H19F8N2PS. The number of halogens is 8. The predicted molar refractivity (Wildman–Crippen MR) is 200 cm³/mol. The van der Waals surface area contributed by atoms with Gasteiger partial charge in [0, 0.05) is 73.8 Å². The first-order chi connectivity index (χ1) is 25.9. The molecule has 3 heterocycles. The minimum atomic E-state index is -2.83. The fourth-order valence-electron chi connectivity index (χ4n) is 8.09. The average molecular weight is 767 g/mol. The van der Waals surface area contributed by atoms with E-state index in [0.717, 1.165) is 40.2 Å². The van der Waals surface area contributed by atoms with Crippen molar-refractivity contribution in [2.75, 3.05) is 0 Å². The molecule has 0 atom stereocenters. The Labute approximate surface area is 305 Å². The summed E-state index contributed by atoms with van der Waals surface area (Å²) in [5, 5.41) is 2.12. The highest BCUT2D eigenvalue weighted by molar-refractivity contribution is 8.26. The third-order valence-corrected chi connectivity index (χ3v) is 15.1. The molecule has 264 valence electrons. The lowest BCUT2D eigenvalue weighted by Gasteiger charge is -2.20. The maximum Gasteiger partial charge on any atom is 0.150 e. The van der Waals surface area contributed by atoms with Gasteiger partial charge in [0.15, 0.2) is 23.3 Å². The molecule has 0 radical (unpaired) electrons. The highest BCUT2D eigenvalue weighted by Gasteiger charge is 2.37. The van der Waals surface area contributed by atoms with Crippen LogP contribution in [0.4, 0.5) is 35.1 Å². The van der Waals surface area contributed by atoms with Gasteiger partial charge in [0.25, 0.3) is 0 Å². The number of rotatable bonds is 3. The molecular weight excluding hydrogens is 748 g/mol. The molecule has 0 saturated heterocycles. The molecule has 0 bridgehead atoms. The summed E-state index contributed by atoms with van der Waals surface area (Å²) in [6.07, 6.45) is 0. The molecule has 7 aromatic carbocycles. The summed E-state index contributed by atoms with van der Waals surface area (Å²) < 4.78 is 123. The number of hydrogen-bond donors (Lipinski definition) is 0. The van der Waals surface area contributed by atoms with Gasteiger partial charge in [-0.1, -0.05) is 54.3 Å². The molecule has 2 nitrogen and oxygen atoms in total. The maximum atomic E-state index is 15.7. The summed E-state index contributed by atoms with van der Waals surface area (Å²) in [7, 11) is 0. The summed E-state index contributed by atoms with van der Waals surface area (Å²) in [4.78, 5) is 0. The van der Waals surface area contributed by atoms with E-state index in [4.69, 9.17) is 11.8 Å². The predicted octanol–water partition coefficient (Wildman–Crippen LogP) is 10.7. The highest BCUT2D eigenvalue weighted by Crippen LogP contribution is 2.54. The minimum Gasteiger partial charge on any atom is -0.304 e. The Kier molecular flexibility index (Phi) is 6.92. The largest absolute Gasteiger partial charge is 0.304 e. The third kappa shape index (κ3) is 4.42. The number of fused-ring (bicyclic) bond motifs is 9. The lowest BCUT2D eigenvalue weighted by atomic mass is 10.0. The van der Waals surface area contributed by atoms with Crippen molar-refractivity contribution in [3.63, 3.8) is 0 Å². The van der Waals surface area contributed by atoms with Gasteiger partial charge < -0.3 is 9.13 Å². The van der Waals surface area contributed by atoms with Crippen molar-refractivity contribution < 1.29 is 35.1 Å². The summed E-state index contributed by atoms with van der Waals surface area (Å²) in [6, 6.07) is 23.4. The van der Waals surface area contributed by atoms with Gasteiger partial charge in [-0.15, -0.1) is 0 Å². The van der Waals surface area contributed by atoms with Crippen LogP contribution in [0.3, 0.4) is 0 Å². The molecule has 0 aliphatic carbocycles. The van der Waals surface area contributed by atoms with Gasteiger partial charge in [0.1, 0.15) is 23.3 Å². The van der Waals surface area contributed by atoms with E-state index in [0.29, 0.717) is 35.4 Å². The van der Waals surface area contributed by atoms with Crippen LogP contribution in [0.1, 0.15) is 0 Å². The number of nitrogens with zero attached hydrogens (tertiary/aromatic N) is 2. The summed E-state index contributed by atoms with van der Waals surface area (Å²) in [6.45, 7) is 0. The fourth-order valence-corrected chi connectivity index (χ4v) is 12.4. The van der Waals surface area contributed by atoms with Crippen molar-refractivity contribution in [2.24, 2.45) is 0 Å². The van der Waals surface area contributed by atoms with Gasteiger partial charge in [-0.3, -0.25) is 0 Å². The van der Waals surface area contributed by atoms with Crippen LogP contribution < -0.4 is 15.9 Å². The minimum absolute atomic E-state index is 0.0400. The van der Waals surface area contributed by atoms with Gasteiger partial charge in [-0.05, 0) is 65.0 Å². The average Bonchev–Trinajstić information content (AvgIpc) is 3.73. The molecule has 1 aliphatic rings. The van der Waals surface area contributed by atoms with E-state index >= 15 is 17.6 Å². The lowest BCUT2D eigenvalue weighted by Crippen LogP contribution is -2.20. The number of hydrogen-bond acceptors (Lipinski definition) is 1. The smallest absolute Gasteiger partial charge is 0.150 e. The van der Waals surface area contributed by atoms with Crippen molar-refractivity contribution >= 4 is 77.4 Å². The van der Waals surface area contributed by atoms with Crippen molar-refractivity contribution in [3.05, 3.63) is 162 Å². The zero-order valence-corrected chi connectivity index (χ0v) is 29.0. The van der Waals surface area contributed by atoms with E-state index in [1.807, 2.05) is 30.3 Å². The molecule has 9 aromatic rings. The van der Waals surface area contributed by atoms with Crippen LogP contribution in [0.2, 0.25) is 0 Å². The normalized spacial score (nSPS) is 13.4. The number of aromatic nitrogens is 2. The second kappa shape index (κ2) is 11.4. The molecule has 0 spiro atoms. The lowest BCUT2D eigenvalue weighted by molar-refractivity contribution is 0.586. The van der Waals surface area contributed by atoms with Gasteiger partial charge >= 0.3 is 0 Å². The van der Waals surface area contributed by atoms with Crippen LogP contribution in [0.5, 0.6) is 0 Å². The zero-order chi connectivity index (χ0) is 37.4. The molecule has 1 aliphatic heterocycles. The summed E-state index contributed by atoms with van der Waals surface area (Å²) in [5.74, 6) is -7.69. The monoisotopic (exact) mass is 766 g/mol. The Balaban J connectivity index is 1.30. The van der Waals surface area contributed by atoms with Crippen molar-refractivity contribution in [1.29, 1.82) is 0 Å². The van der Waals surface area contributed by atoms with Crippen LogP contribution >= 0.6 is 6.04 Å². The Morgan fingerprint density at radius 1 is 0.389 bits per heavy atom. The van der Waals surface area contributed by atoms with Gasteiger partial charge in [0.05, 0.1) is 22.1 Å². The van der Waals surface area contributed by atoms with Gasteiger partial charge in [-0.25, -0.2) is 35.1 Å². The summed E-state index contributed by atoms with van der Waals surface area (Å²) >= 11 is 6.57. The Morgan fingerprint density at radius 3 is 1.06 bits per heavy atom. The first-order valence-electron chi connectivity index (χ1n) is 16.5. The standard InChI is InChI=1S/C42H19F8N2PS/c43-20-10-29-30-11-21(44)15-34(48)40(30)51(39(29)33(47)14-20)24-6-8-37-27(18-24)28-19-25(7-9-38(28)53(37,54)26-4-2-1-3-5-26)52-41-31(12-22(45)16-35(41)49)32-13-23(46)17-36(50)42(32)52/h1-19H. The first kappa shape index (κ1) is 32.8. The Hall–Kier alpha value is -5.77. The van der Waals surface area contributed by atoms with Crippen molar-refractivity contribution in [2.45, 2.75) is 0 Å². The molecule has 0 fully saturated rings. The van der Waals surface area contributed by atoms with Crippen molar-refractivity contribution in [3.8, 4) is 22.5 Å². The summed E-state index contributed by atoms with van der Waals surface area (Å²) in [5.41, 5.74) is 0.879. The van der Waals surface area contributed by atoms with Crippen LogP contribution in [-0.4, -0.2) is 9.13 Å². The van der Waals surface area contributed by atoms with Crippen molar-refractivity contribution in [1.82, 2.24) is 9.13 Å². The van der Waals surface area contributed by atoms with Crippen LogP contribution in [0, 0.1) is 46.5 Å². The van der Waals surface area contributed by atoms with E-state index < -0.39 is 52.6 Å². The first-order valence-corrected chi connectivity index (χ1v) is 19.3. The number of benzene rings is 7. The second-order valence-corrected chi connectivity index (χ2v) is 17.5. The molecule has 2 aromatic heterocycles. The molecule has 10 rings (SSSR count). The van der Waals surface area contributed by atoms with Gasteiger partial charge in [-0.2, -0.15) is 0 Å². The quantitative estimate of drug-likeness (QED) is 0.129. The van der Waals surface area contributed by atoms with Crippen LogP contribution in [0.25, 0.3) is 66.1 Å². The Bertz CT molecular complexity index is 2870. The van der Waals surface area contributed by atoms with Gasteiger partial charge in [0.2, 0.25) is 0 Å². The molecule has 0 saturated carbocycles. The van der Waals surface area contributed by atoms with Crippen LogP contribution in [0.15, 0.2) is 115 Å². The SMILES string of the molecule is Fc1cc(F)c2c(c1)c1cc(F)cc(F)c1n2-c1ccc2c(c1)-c1cc(-n3c4c(F)cc(F)cc4c4cc(F)cc(F)c43)ccc1P2(=S)c1ccccc1. The van der Waals surface area contributed by atoms with E-state index in [9.17, 15) is 17.6 Å². The van der Waals surface area contributed by atoms with Crippen LogP contribution in [-0.2, 0) is 11.8 Å². The van der Waals surface area contributed by atoms with E-state index in [1.54, 1.807) is 36.4 Å². The van der Waals surface area contributed by atoms with E-state index in [2.05, 4.69) is 0 Å². The second-order valence-electron chi connectivity index (χ2n) is 13.2. The molecule has 0 unspecified atom stereocenters. The Morgan fingerprint density at radius 2 is 0.722 bits per heavy atom. The molecule has 0 amide bonds. The highest BCUT2D eigenvalue weighted by atomic mass is 32.4. The molecule has 12 heteroatoms. The fraction of sp³-hybridized carbons (Fsp3) is 0. The zero-order valence-electron chi connectivity index (χ0n) is 27.2.